The molecule has 0 aromatic carbocycles. The van der Waals surface area contributed by atoms with Crippen LogP contribution in [-0.4, -0.2) is 10.3 Å². The summed E-state index contributed by atoms with van der Waals surface area (Å²) in [7, 11) is 0. The molecule has 0 radical (unpaired) electrons. The number of thiol groups is 1. The Morgan fingerprint density at radius 3 is 2.90 bits per heavy atom. The van der Waals surface area contributed by atoms with Gasteiger partial charge in [0.25, 0.3) is 0 Å². The fourth-order valence-electron chi connectivity index (χ4n) is 0.874. The SMILES string of the molecule is CCn1cc[n+](CCS)c1. The lowest BCUT2D eigenvalue weighted by molar-refractivity contribution is -0.691. The Morgan fingerprint density at radius 1 is 1.60 bits per heavy atom. The van der Waals surface area contributed by atoms with Crippen molar-refractivity contribution >= 4 is 12.6 Å². The normalized spacial score (nSPS) is 10.2. The minimum Gasteiger partial charge on any atom is -0.237 e. The van der Waals surface area contributed by atoms with E-state index in [1.54, 1.807) is 0 Å². The van der Waals surface area contributed by atoms with Crippen LogP contribution in [0.3, 0.4) is 0 Å². The van der Waals surface area contributed by atoms with Crippen LogP contribution in [0.2, 0.25) is 0 Å². The minimum absolute atomic E-state index is 0.901. The van der Waals surface area contributed by atoms with Gasteiger partial charge in [-0.05, 0) is 6.92 Å². The molecule has 0 aliphatic heterocycles. The highest BCUT2D eigenvalue weighted by atomic mass is 32.1. The summed E-state index contributed by atoms with van der Waals surface area (Å²) in [6.45, 7) is 4.17. The van der Waals surface area contributed by atoms with Gasteiger partial charge in [0.05, 0.1) is 13.1 Å². The van der Waals surface area contributed by atoms with Crippen LogP contribution in [0.5, 0.6) is 0 Å². The number of hydrogen-bond acceptors (Lipinski definition) is 1. The number of imidazole rings is 1. The van der Waals surface area contributed by atoms with Crippen LogP contribution in [0.1, 0.15) is 6.92 Å². The van der Waals surface area contributed by atoms with Gasteiger partial charge in [0.1, 0.15) is 12.4 Å². The van der Waals surface area contributed by atoms with Gasteiger partial charge >= 0.3 is 0 Å². The van der Waals surface area contributed by atoms with E-state index in [0.29, 0.717) is 0 Å². The molecular weight excluding hydrogens is 144 g/mol. The molecule has 0 N–H and O–H groups in total. The second-order valence-corrected chi connectivity index (χ2v) is 2.65. The van der Waals surface area contributed by atoms with Crippen molar-refractivity contribution in [1.82, 2.24) is 4.57 Å². The first-order chi connectivity index (χ1) is 4.86. The molecule has 0 spiro atoms. The molecule has 0 bridgehead atoms. The lowest BCUT2D eigenvalue weighted by atomic mass is 10.7. The van der Waals surface area contributed by atoms with E-state index < -0.39 is 0 Å². The summed E-state index contributed by atoms with van der Waals surface area (Å²) in [5, 5.41) is 0. The van der Waals surface area contributed by atoms with Gasteiger partial charge in [0, 0.05) is 5.75 Å². The molecule has 3 heteroatoms. The average Bonchev–Trinajstić information content (AvgIpc) is 2.37. The molecule has 1 aromatic rings. The second kappa shape index (κ2) is 3.66. The first-order valence-corrected chi connectivity index (χ1v) is 4.15. The third kappa shape index (κ3) is 1.77. The summed E-state index contributed by atoms with van der Waals surface area (Å²) in [5.41, 5.74) is 0. The van der Waals surface area contributed by atoms with Crippen molar-refractivity contribution in [3.8, 4) is 0 Å². The van der Waals surface area contributed by atoms with Gasteiger partial charge < -0.3 is 0 Å². The van der Waals surface area contributed by atoms with E-state index >= 15 is 0 Å². The van der Waals surface area contributed by atoms with Crippen LogP contribution in [0.15, 0.2) is 18.7 Å². The molecule has 2 nitrogen and oxygen atoms in total. The fourth-order valence-corrected chi connectivity index (χ4v) is 1.10. The third-order valence-corrected chi connectivity index (χ3v) is 1.67. The summed E-state index contributed by atoms with van der Waals surface area (Å²) in [6.07, 6.45) is 6.24. The Labute approximate surface area is 66.9 Å². The average molecular weight is 157 g/mol. The van der Waals surface area contributed by atoms with Crippen LogP contribution in [-0.2, 0) is 13.1 Å². The minimum atomic E-state index is 0.901. The van der Waals surface area contributed by atoms with Gasteiger partial charge in [-0.15, -0.1) is 0 Å². The molecule has 0 aliphatic rings. The number of nitrogens with zero attached hydrogens (tertiary/aromatic N) is 2. The lowest BCUT2D eigenvalue weighted by Crippen LogP contribution is -2.31. The first kappa shape index (κ1) is 7.66. The van der Waals surface area contributed by atoms with E-state index in [4.69, 9.17) is 0 Å². The van der Waals surface area contributed by atoms with Crippen LogP contribution in [0.25, 0.3) is 0 Å². The van der Waals surface area contributed by atoms with Gasteiger partial charge in [-0.1, -0.05) is 0 Å². The Bertz CT molecular complexity index is 195. The van der Waals surface area contributed by atoms with Gasteiger partial charge in [-0.2, -0.15) is 12.6 Å². The molecule has 0 saturated heterocycles. The van der Waals surface area contributed by atoms with E-state index in [2.05, 4.69) is 47.4 Å². The van der Waals surface area contributed by atoms with E-state index in [1.807, 2.05) is 0 Å². The van der Waals surface area contributed by atoms with Gasteiger partial charge in [-0.25, -0.2) is 9.13 Å². The van der Waals surface area contributed by atoms with Crippen molar-refractivity contribution in [2.24, 2.45) is 0 Å². The first-order valence-electron chi connectivity index (χ1n) is 3.52. The van der Waals surface area contributed by atoms with Crippen molar-refractivity contribution in [1.29, 1.82) is 0 Å². The summed E-state index contributed by atoms with van der Waals surface area (Å²) in [5.74, 6) is 0.901. The predicted octanol–water partition coefficient (Wildman–Crippen LogP) is 0.725. The molecule has 10 heavy (non-hydrogen) atoms. The molecular formula is C7H13N2S+. The molecule has 0 amide bonds. The maximum absolute atomic E-state index is 4.14. The van der Waals surface area contributed by atoms with Crippen molar-refractivity contribution in [2.45, 2.75) is 20.0 Å². The molecule has 0 atom stereocenters. The molecule has 0 unspecified atom stereocenters. The van der Waals surface area contributed by atoms with Crippen molar-refractivity contribution in [2.75, 3.05) is 5.75 Å². The summed E-state index contributed by atoms with van der Waals surface area (Å²) in [6, 6.07) is 0. The Hall–Kier alpha value is -0.440. The molecule has 1 rings (SSSR count). The summed E-state index contributed by atoms with van der Waals surface area (Å²) >= 11 is 4.14. The molecule has 1 heterocycles. The van der Waals surface area contributed by atoms with E-state index in [0.717, 1.165) is 18.8 Å². The van der Waals surface area contributed by atoms with Crippen LogP contribution in [0, 0.1) is 0 Å². The summed E-state index contributed by atoms with van der Waals surface area (Å²) < 4.78 is 4.28. The highest BCUT2D eigenvalue weighted by molar-refractivity contribution is 7.80. The van der Waals surface area contributed by atoms with E-state index in [1.165, 1.54) is 0 Å². The van der Waals surface area contributed by atoms with Gasteiger partial charge in [0.15, 0.2) is 0 Å². The smallest absolute Gasteiger partial charge is 0.237 e. The number of aromatic nitrogens is 2. The molecule has 0 fully saturated rings. The van der Waals surface area contributed by atoms with Gasteiger partial charge in [-0.3, -0.25) is 0 Å². The monoisotopic (exact) mass is 157 g/mol. The Kier molecular flexibility index (Phi) is 2.81. The third-order valence-electron chi connectivity index (χ3n) is 1.47. The zero-order valence-corrected chi connectivity index (χ0v) is 7.09. The highest BCUT2D eigenvalue weighted by Gasteiger charge is 1.98. The molecule has 0 aliphatic carbocycles. The Balaban J connectivity index is 2.59. The largest absolute Gasteiger partial charge is 0.243 e. The van der Waals surface area contributed by atoms with E-state index in [9.17, 15) is 0 Å². The van der Waals surface area contributed by atoms with Crippen molar-refractivity contribution < 1.29 is 4.57 Å². The Morgan fingerprint density at radius 2 is 2.40 bits per heavy atom. The number of rotatable bonds is 3. The van der Waals surface area contributed by atoms with Crippen LogP contribution >= 0.6 is 12.6 Å². The topological polar surface area (TPSA) is 8.81 Å². The standard InChI is InChI=1S/C7H12N2S/c1-2-8-3-4-9(7-8)5-6-10/h3-4,7H,2,5-6H2,1H3/p+1. The predicted molar refractivity (Wildman–Crippen MR) is 44.2 cm³/mol. The highest BCUT2D eigenvalue weighted by Crippen LogP contribution is 1.83. The number of hydrogen-bond donors (Lipinski definition) is 1. The molecule has 1 aromatic heterocycles. The quantitative estimate of drug-likeness (QED) is 0.489. The molecule has 56 valence electrons. The number of aryl methyl sites for hydroxylation is 2. The second-order valence-electron chi connectivity index (χ2n) is 2.21. The van der Waals surface area contributed by atoms with Crippen LogP contribution in [0.4, 0.5) is 0 Å². The van der Waals surface area contributed by atoms with Gasteiger partial charge in [0.2, 0.25) is 6.33 Å². The maximum Gasteiger partial charge on any atom is 0.243 e. The van der Waals surface area contributed by atoms with Crippen molar-refractivity contribution in [3.05, 3.63) is 18.7 Å². The zero-order valence-electron chi connectivity index (χ0n) is 6.20. The summed E-state index contributed by atoms with van der Waals surface area (Å²) in [4.78, 5) is 0. The fraction of sp³-hybridized carbons (Fsp3) is 0.571. The van der Waals surface area contributed by atoms with Crippen LogP contribution < -0.4 is 4.57 Å². The molecule has 0 saturated carbocycles. The lowest BCUT2D eigenvalue weighted by Gasteiger charge is -1.88. The maximum atomic E-state index is 4.14. The van der Waals surface area contributed by atoms with Crippen molar-refractivity contribution in [3.63, 3.8) is 0 Å². The zero-order chi connectivity index (χ0) is 7.40. The van der Waals surface area contributed by atoms with E-state index in [-0.39, 0.29) is 0 Å².